The van der Waals surface area contributed by atoms with Gasteiger partial charge >= 0.3 is 0 Å². The van der Waals surface area contributed by atoms with Crippen LogP contribution in [0, 0.1) is 5.92 Å². The van der Waals surface area contributed by atoms with Crippen molar-refractivity contribution in [2.45, 2.75) is 43.1 Å². The smallest absolute Gasteiger partial charge is 0.226 e. The number of rotatable bonds is 2. The molecule has 2 aromatic carbocycles. The Kier molecular flexibility index (Phi) is 4.77. The van der Waals surface area contributed by atoms with Gasteiger partial charge in [-0.05, 0) is 42.4 Å². The Morgan fingerprint density at radius 1 is 1.04 bits per heavy atom. The van der Waals surface area contributed by atoms with Gasteiger partial charge in [0.15, 0.2) is 0 Å². The number of benzene rings is 2. The van der Waals surface area contributed by atoms with Crippen molar-refractivity contribution in [3.05, 3.63) is 71.3 Å². The van der Waals surface area contributed by atoms with Crippen LogP contribution < -0.4 is 5.73 Å². The van der Waals surface area contributed by atoms with Crippen LogP contribution in [0.5, 0.6) is 0 Å². The topological polar surface area (TPSA) is 46.3 Å². The second-order valence-electron chi connectivity index (χ2n) is 8.35. The molecule has 4 heteroatoms. The molecule has 4 atom stereocenters. The van der Waals surface area contributed by atoms with Crippen LogP contribution in [0.25, 0.3) is 0 Å². The van der Waals surface area contributed by atoms with Crippen molar-refractivity contribution < 1.29 is 4.79 Å². The molecule has 142 valence electrons. The van der Waals surface area contributed by atoms with Crippen LogP contribution in [0.15, 0.2) is 54.6 Å². The van der Waals surface area contributed by atoms with E-state index < -0.39 is 0 Å². The summed E-state index contributed by atoms with van der Waals surface area (Å²) in [6.07, 6.45) is 4.53. The summed E-state index contributed by atoms with van der Waals surface area (Å²) in [6, 6.07) is 19.2. The standard InChI is InChI=1S/C23H26N2O.ClH/c24-21-15-25(14-18(21)16-7-2-1-3-8-16)22(26)20-13-23(20)12-6-10-17-9-4-5-11-19(17)23;/h1-5,7-9,11,18,20-21H,6,10,12-15,24H2;1H/t18-,20?,21+,23?;/m0./s1. The van der Waals surface area contributed by atoms with Crippen LogP contribution in [0.2, 0.25) is 0 Å². The Morgan fingerprint density at radius 3 is 2.59 bits per heavy atom. The first kappa shape index (κ1) is 18.5. The lowest BCUT2D eigenvalue weighted by Gasteiger charge is -2.27. The molecular weight excluding hydrogens is 356 g/mol. The highest BCUT2D eigenvalue weighted by atomic mass is 35.5. The molecule has 0 bridgehead atoms. The van der Waals surface area contributed by atoms with E-state index >= 15 is 0 Å². The molecule has 1 amide bonds. The Hall–Kier alpha value is -1.84. The maximum absolute atomic E-state index is 13.3. The van der Waals surface area contributed by atoms with Crippen molar-refractivity contribution in [2.24, 2.45) is 11.7 Å². The van der Waals surface area contributed by atoms with E-state index in [2.05, 4.69) is 48.5 Å². The zero-order chi connectivity index (χ0) is 17.7. The molecule has 2 N–H and O–H groups in total. The van der Waals surface area contributed by atoms with Crippen molar-refractivity contribution in [1.29, 1.82) is 0 Å². The molecule has 5 rings (SSSR count). The van der Waals surface area contributed by atoms with Crippen LogP contribution in [-0.4, -0.2) is 29.9 Å². The zero-order valence-electron chi connectivity index (χ0n) is 15.5. The molecule has 3 aliphatic rings. The molecule has 1 heterocycles. The van der Waals surface area contributed by atoms with Gasteiger partial charge in [0.1, 0.15) is 0 Å². The minimum atomic E-state index is 0. The molecule has 3 nitrogen and oxygen atoms in total. The van der Waals surface area contributed by atoms with Crippen molar-refractivity contribution in [2.75, 3.05) is 13.1 Å². The van der Waals surface area contributed by atoms with E-state index in [-0.39, 0.29) is 35.7 Å². The fourth-order valence-corrected chi connectivity index (χ4v) is 5.44. The first-order chi connectivity index (χ1) is 12.7. The highest BCUT2D eigenvalue weighted by Gasteiger charge is 2.61. The summed E-state index contributed by atoms with van der Waals surface area (Å²) in [5.74, 6) is 0.745. The summed E-state index contributed by atoms with van der Waals surface area (Å²) in [4.78, 5) is 15.3. The molecule has 0 aromatic heterocycles. The van der Waals surface area contributed by atoms with Crippen LogP contribution in [0.4, 0.5) is 0 Å². The molecule has 2 unspecified atom stereocenters. The van der Waals surface area contributed by atoms with Gasteiger partial charge in [0.05, 0.1) is 0 Å². The third-order valence-corrected chi connectivity index (χ3v) is 6.90. The second-order valence-corrected chi connectivity index (χ2v) is 8.35. The number of nitrogens with two attached hydrogens (primary N) is 1. The highest BCUT2D eigenvalue weighted by molar-refractivity contribution is 5.85. The lowest BCUT2D eigenvalue weighted by atomic mass is 9.78. The number of nitrogens with zero attached hydrogens (tertiary/aromatic N) is 1. The van der Waals surface area contributed by atoms with Gasteiger partial charge in [-0.1, -0.05) is 54.6 Å². The highest BCUT2D eigenvalue weighted by Crippen LogP contribution is 2.61. The summed E-state index contributed by atoms with van der Waals surface area (Å²) < 4.78 is 0. The molecule has 1 spiro atoms. The van der Waals surface area contributed by atoms with Crippen LogP contribution in [0.1, 0.15) is 41.9 Å². The number of fused-ring (bicyclic) bond motifs is 2. The number of amides is 1. The van der Waals surface area contributed by atoms with Gasteiger partial charge in [0, 0.05) is 36.4 Å². The molecule has 2 aromatic rings. The second kappa shape index (κ2) is 6.96. The molecule has 27 heavy (non-hydrogen) atoms. The maximum Gasteiger partial charge on any atom is 0.226 e. The average Bonchev–Trinajstić information content (AvgIpc) is 3.26. The maximum atomic E-state index is 13.3. The molecule has 0 radical (unpaired) electrons. The summed E-state index contributed by atoms with van der Waals surface area (Å²) in [6.45, 7) is 1.45. The minimum absolute atomic E-state index is 0. The Labute approximate surface area is 167 Å². The number of likely N-dealkylation sites (tertiary alicyclic amines) is 1. The van der Waals surface area contributed by atoms with Crippen LogP contribution in [0.3, 0.4) is 0 Å². The molecule has 1 aliphatic heterocycles. The van der Waals surface area contributed by atoms with E-state index in [4.69, 9.17) is 5.73 Å². The number of carbonyl (C=O) groups excluding carboxylic acids is 1. The van der Waals surface area contributed by atoms with E-state index in [9.17, 15) is 4.79 Å². The SMILES string of the molecule is Cl.N[C@@H]1CN(C(=O)C2CC23CCCc2ccccc23)C[C@H]1c1ccccc1. The normalized spacial score (nSPS) is 31.3. The van der Waals surface area contributed by atoms with E-state index in [1.807, 2.05) is 11.0 Å². The average molecular weight is 383 g/mol. The third kappa shape index (κ3) is 2.97. The number of carbonyl (C=O) groups is 1. The van der Waals surface area contributed by atoms with Crippen molar-refractivity contribution in [3.63, 3.8) is 0 Å². The van der Waals surface area contributed by atoms with E-state index in [0.717, 1.165) is 25.8 Å². The fourth-order valence-electron chi connectivity index (χ4n) is 5.44. The Bertz CT molecular complexity index is 839. The zero-order valence-corrected chi connectivity index (χ0v) is 16.3. The van der Waals surface area contributed by atoms with Crippen LogP contribution in [-0.2, 0) is 16.6 Å². The van der Waals surface area contributed by atoms with E-state index in [1.54, 1.807) is 0 Å². The van der Waals surface area contributed by atoms with Crippen molar-refractivity contribution >= 4 is 18.3 Å². The predicted octanol–water partition coefficient (Wildman–Crippen LogP) is 3.66. The van der Waals surface area contributed by atoms with E-state index in [0.29, 0.717) is 12.5 Å². The lowest BCUT2D eigenvalue weighted by molar-refractivity contribution is -0.132. The monoisotopic (exact) mass is 382 g/mol. The first-order valence-electron chi connectivity index (χ1n) is 9.87. The quantitative estimate of drug-likeness (QED) is 0.861. The minimum Gasteiger partial charge on any atom is -0.340 e. The van der Waals surface area contributed by atoms with Gasteiger partial charge in [-0.25, -0.2) is 0 Å². The van der Waals surface area contributed by atoms with Gasteiger partial charge < -0.3 is 10.6 Å². The number of aryl methyl sites for hydroxylation is 1. The van der Waals surface area contributed by atoms with Crippen molar-refractivity contribution in [1.82, 2.24) is 4.90 Å². The summed E-state index contributed by atoms with van der Waals surface area (Å²) in [5.41, 5.74) is 10.7. The summed E-state index contributed by atoms with van der Waals surface area (Å²) >= 11 is 0. The Balaban J connectivity index is 0.00000180. The van der Waals surface area contributed by atoms with Crippen molar-refractivity contribution in [3.8, 4) is 0 Å². The third-order valence-electron chi connectivity index (χ3n) is 6.90. The van der Waals surface area contributed by atoms with Gasteiger partial charge in [-0.3, -0.25) is 4.79 Å². The number of hydrogen-bond donors (Lipinski definition) is 1. The molecule has 2 aliphatic carbocycles. The lowest BCUT2D eigenvalue weighted by Crippen LogP contribution is -2.35. The Morgan fingerprint density at radius 2 is 1.78 bits per heavy atom. The molecule has 2 fully saturated rings. The van der Waals surface area contributed by atoms with E-state index in [1.165, 1.54) is 23.1 Å². The molecule has 1 saturated heterocycles. The molecular formula is C23H27ClN2O. The molecule has 1 saturated carbocycles. The largest absolute Gasteiger partial charge is 0.340 e. The first-order valence-corrected chi connectivity index (χ1v) is 9.87. The summed E-state index contributed by atoms with van der Waals surface area (Å²) in [5, 5.41) is 0. The number of halogens is 1. The number of hydrogen-bond acceptors (Lipinski definition) is 2. The fraction of sp³-hybridized carbons (Fsp3) is 0.435. The van der Waals surface area contributed by atoms with Gasteiger partial charge in [0.2, 0.25) is 5.91 Å². The van der Waals surface area contributed by atoms with Gasteiger partial charge in [-0.2, -0.15) is 0 Å². The van der Waals surface area contributed by atoms with Crippen LogP contribution >= 0.6 is 12.4 Å². The van der Waals surface area contributed by atoms with Gasteiger partial charge in [0.25, 0.3) is 0 Å². The van der Waals surface area contributed by atoms with Gasteiger partial charge in [-0.15, -0.1) is 12.4 Å². The predicted molar refractivity (Wildman–Crippen MR) is 110 cm³/mol. The summed E-state index contributed by atoms with van der Waals surface area (Å²) in [7, 11) is 0.